The Hall–Kier alpha value is -1.87. The van der Waals surface area contributed by atoms with Crippen molar-refractivity contribution in [1.29, 1.82) is 5.26 Å². The number of hydrogen-bond donors (Lipinski definition) is 0. The fraction of sp³-hybridized carbons (Fsp3) is 0.182. The Kier molecular flexibility index (Phi) is 4.09. The lowest BCUT2D eigenvalue weighted by Gasteiger charge is -2.14. The molecule has 1 aromatic rings. The van der Waals surface area contributed by atoms with Crippen LogP contribution in [0.4, 0.5) is 13.2 Å². The number of nitrogens with zero attached hydrogens (tertiary/aromatic N) is 1. The second kappa shape index (κ2) is 5.19. The lowest BCUT2D eigenvalue weighted by molar-refractivity contribution is -0.138. The van der Waals surface area contributed by atoms with E-state index in [0.717, 1.165) is 12.1 Å². The number of ketones is 1. The molecule has 0 atom stereocenters. The van der Waals surface area contributed by atoms with Gasteiger partial charge in [-0.05, 0) is 12.1 Å². The highest BCUT2D eigenvalue weighted by Gasteiger charge is 2.39. The zero-order chi connectivity index (χ0) is 13.9. The molecule has 0 aliphatic heterocycles. The van der Waals surface area contributed by atoms with E-state index in [0.29, 0.717) is 0 Å². The van der Waals surface area contributed by atoms with E-state index in [-0.39, 0.29) is 6.29 Å². The zero-order valence-corrected chi connectivity index (χ0v) is 9.47. The van der Waals surface area contributed by atoms with Crippen LogP contribution in [0.3, 0.4) is 0 Å². The maximum atomic E-state index is 12.8. The van der Waals surface area contributed by atoms with Gasteiger partial charge in [0, 0.05) is 11.1 Å². The number of alkyl halides is 4. The summed E-state index contributed by atoms with van der Waals surface area (Å²) in [6.07, 6.45) is -4.94. The van der Waals surface area contributed by atoms with Crippen LogP contribution in [0.2, 0.25) is 0 Å². The first kappa shape index (κ1) is 14.2. The zero-order valence-electron chi connectivity index (χ0n) is 8.71. The number of rotatable bonds is 3. The van der Waals surface area contributed by atoms with Crippen LogP contribution in [-0.2, 0) is 6.18 Å². The SMILES string of the molecule is N#Cc1ccc(C=O)c(C(F)(F)F)c1C(=O)CCl. The van der Waals surface area contributed by atoms with Gasteiger partial charge in [-0.1, -0.05) is 0 Å². The van der Waals surface area contributed by atoms with Gasteiger partial charge in [-0.25, -0.2) is 0 Å². The fourth-order valence-electron chi connectivity index (χ4n) is 1.47. The van der Waals surface area contributed by atoms with E-state index in [1.165, 1.54) is 6.07 Å². The first-order valence-corrected chi connectivity index (χ1v) is 5.09. The Morgan fingerprint density at radius 3 is 2.44 bits per heavy atom. The molecular weight excluding hydrogens is 271 g/mol. The van der Waals surface area contributed by atoms with Crippen LogP contribution in [0, 0.1) is 11.3 Å². The number of Topliss-reactive ketones (excluding diaryl/α,β-unsaturated/α-hetero) is 1. The minimum absolute atomic E-state index is 0.0189. The van der Waals surface area contributed by atoms with Crippen molar-refractivity contribution in [2.75, 3.05) is 5.88 Å². The van der Waals surface area contributed by atoms with Crippen LogP contribution in [-0.4, -0.2) is 17.9 Å². The van der Waals surface area contributed by atoms with Gasteiger partial charge in [0.2, 0.25) is 0 Å². The molecule has 0 unspecified atom stereocenters. The first-order chi connectivity index (χ1) is 8.36. The Morgan fingerprint density at radius 2 is 2.06 bits per heavy atom. The van der Waals surface area contributed by atoms with Crippen LogP contribution >= 0.6 is 11.6 Å². The van der Waals surface area contributed by atoms with E-state index in [4.69, 9.17) is 16.9 Å². The van der Waals surface area contributed by atoms with Gasteiger partial charge >= 0.3 is 6.18 Å². The summed E-state index contributed by atoms with van der Waals surface area (Å²) >= 11 is 5.22. The number of aldehydes is 1. The van der Waals surface area contributed by atoms with Crippen molar-refractivity contribution in [3.05, 3.63) is 34.4 Å². The van der Waals surface area contributed by atoms with Gasteiger partial charge in [0.25, 0.3) is 0 Å². The molecule has 0 heterocycles. The molecule has 7 heteroatoms. The van der Waals surface area contributed by atoms with E-state index in [9.17, 15) is 22.8 Å². The lowest BCUT2D eigenvalue weighted by Crippen LogP contribution is -2.18. The fourth-order valence-corrected chi connectivity index (χ4v) is 1.61. The standard InChI is InChI=1S/C11H5ClF3NO2/c12-3-8(18)9-6(4-16)1-2-7(5-17)10(9)11(13,14)15/h1-2,5H,3H2. The van der Waals surface area contributed by atoms with Gasteiger partial charge in [-0.15, -0.1) is 11.6 Å². The highest BCUT2D eigenvalue weighted by Crippen LogP contribution is 2.36. The van der Waals surface area contributed by atoms with E-state index >= 15 is 0 Å². The summed E-state index contributed by atoms with van der Waals surface area (Å²) in [6.45, 7) is 0. The normalized spacial score (nSPS) is 10.8. The van der Waals surface area contributed by atoms with E-state index in [2.05, 4.69) is 0 Å². The summed E-state index contributed by atoms with van der Waals surface area (Å²) < 4.78 is 38.5. The molecule has 94 valence electrons. The first-order valence-electron chi connectivity index (χ1n) is 4.55. The summed E-state index contributed by atoms with van der Waals surface area (Å²) in [6, 6.07) is 3.31. The molecule has 0 saturated heterocycles. The highest BCUT2D eigenvalue weighted by molar-refractivity contribution is 6.31. The molecule has 0 aromatic heterocycles. The molecule has 0 saturated carbocycles. The second-order valence-corrected chi connectivity index (χ2v) is 3.50. The van der Waals surface area contributed by atoms with Crippen LogP contribution in [0.15, 0.2) is 12.1 Å². The van der Waals surface area contributed by atoms with Gasteiger partial charge in [0.05, 0.1) is 23.1 Å². The summed E-state index contributed by atoms with van der Waals surface area (Å²) in [4.78, 5) is 22.0. The summed E-state index contributed by atoms with van der Waals surface area (Å²) in [5, 5.41) is 8.72. The molecule has 0 amide bonds. The monoisotopic (exact) mass is 275 g/mol. The average Bonchev–Trinajstić information content (AvgIpc) is 2.34. The molecule has 3 nitrogen and oxygen atoms in total. The summed E-state index contributed by atoms with van der Waals surface area (Å²) in [7, 11) is 0. The topological polar surface area (TPSA) is 57.9 Å². The molecule has 1 rings (SSSR count). The third-order valence-corrected chi connectivity index (χ3v) is 2.41. The number of carbonyl (C=O) groups excluding carboxylic acids is 2. The van der Waals surface area contributed by atoms with Crippen molar-refractivity contribution < 1.29 is 22.8 Å². The molecule has 1 aromatic carbocycles. The molecular formula is C11H5ClF3NO2. The predicted octanol–water partition coefficient (Wildman–Crippen LogP) is 2.81. The maximum Gasteiger partial charge on any atom is 0.417 e. The molecule has 0 spiro atoms. The van der Waals surface area contributed by atoms with Crippen molar-refractivity contribution in [2.24, 2.45) is 0 Å². The average molecular weight is 276 g/mol. The number of halogens is 4. The van der Waals surface area contributed by atoms with E-state index < -0.39 is 40.1 Å². The Morgan fingerprint density at radius 1 is 1.44 bits per heavy atom. The van der Waals surface area contributed by atoms with Gasteiger partial charge < -0.3 is 0 Å². The maximum absolute atomic E-state index is 12.8. The third kappa shape index (κ3) is 2.51. The van der Waals surface area contributed by atoms with Crippen molar-refractivity contribution in [1.82, 2.24) is 0 Å². The van der Waals surface area contributed by atoms with Crippen LogP contribution < -0.4 is 0 Å². The van der Waals surface area contributed by atoms with Crippen LogP contribution in [0.25, 0.3) is 0 Å². The van der Waals surface area contributed by atoms with Gasteiger partial charge in [0.15, 0.2) is 12.1 Å². The van der Waals surface area contributed by atoms with Crippen LogP contribution in [0.5, 0.6) is 0 Å². The quantitative estimate of drug-likeness (QED) is 0.484. The van der Waals surface area contributed by atoms with Crippen molar-refractivity contribution in [2.45, 2.75) is 6.18 Å². The Labute approximate surface area is 105 Å². The summed E-state index contributed by atoms with van der Waals surface area (Å²) in [5.74, 6) is -1.76. The molecule has 0 aliphatic rings. The number of hydrogen-bond acceptors (Lipinski definition) is 3. The molecule has 0 aliphatic carbocycles. The molecule has 0 radical (unpaired) electrons. The molecule has 0 bridgehead atoms. The van der Waals surface area contributed by atoms with E-state index in [1.807, 2.05) is 0 Å². The number of carbonyl (C=O) groups is 2. The smallest absolute Gasteiger partial charge is 0.298 e. The van der Waals surface area contributed by atoms with Gasteiger partial charge in [0.1, 0.15) is 0 Å². The van der Waals surface area contributed by atoms with Gasteiger partial charge in [-0.2, -0.15) is 18.4 Å². The minimum atomic E-state index is -4.92. The predicted molar refractivity (Wildman–Crippen MR) is 56.6 cm³/mol. The molecule has 0 fully saturated rings. The van der Waals surface area contributed by atoms with Crippen molar-refractivity contribution in [3.8, 4) is 6.07 Å². The number of benzene rings is 1. The highest BCUT2D eigenvalue weighted by atomic mass is 35.5. The van der Waals surface area contributed by atoms with Crippen molar-refractivity contribution >= 4 is 23.7 Å². The molecule has 0 N–H and O–H groups in total. The summed E-state index contributed by atoms with van der Waals surface area (Å²) in [5.41, 5.74) is -3.43. The van der Waals surface area contributed by atoms with Crippen molar-refractivity contribution in [3.63, 3.8) is 0 Å². The Bertz CT molecular complexity index is 546. The third-order valence-electron chi connectivity index (χ3n) is 2.17. The van der Waals surface area contributed by atoms with Crippen LogP contribution in [0.1, 0.15) is 31.8 Å². The second-order valence-electron chi connectivity index (χ2n) is 3.24. The lowest BCUT2D eigenvalue weighted by atomic mass is 9.94. The van der Waals surface area contributed by atoms with Gasteiger partial charge in [-0.3, -0.25) is 9.59 Å². The minimum Gasteiger partial charge on any atom is -0.298 e. The molecule has 18 heavy (non-hydrogen) atoms. The Balaban J connectivity index is 3.77. The van der Waals surface area contributed by atoms with E-state index in [1.54, 1.807) is 0 Å². The number of nitriles is 1. The largest absolute Gasteiger partial charge is 0.417 e.